The number of nitrogens with zero attached hydrogens (tertiary/aromatic N) is 1. The summed E-state index contributed by atoms with van der Waals surface area (Å²) in [6.45, 7) is 7.13. The molecule has 2 saturated carbocycles. The maximum Gasteiger partial charge on any atom is 0.00480 e. The molecule has 17 heavy (non-hydrogen) atoms. The van der Waals surface area contributed by atoms with Crippen molar-refractivity contribution in [3.63, 3.8) is 0 Å². The average molecular weight is 259 g/mol. The summed E-state index contributed by atoms with van der Waals surface area (Å²) >= 11 is 0. The highest BCUT2D eigenvalue weighted by Gasteiger charge is 2.41. The molecule has 2 nitrogen and oxygen atoms in total. The van der Waals surface area contributed by atoms with E-state index >= 15 is 0 Å². The molecule has 4 unspecified atom stereocenters. The number of likely N-dealkylation sites (tertiary alicyclic amines) is 1. The minimum Gasteiger partial charge on any atom is -0.330 e. The summed E-state index contributed by atoms with van der Waals surface area (Å²) in [6.07, 6.45) is 7.44. The van der Waals surface area contributed by atoms with Crippen molar-refractivity contribution in [1.82, 2.24) is 4.90 Å². The van der Waals surface area contributed by atoms with Crippen LogP contribution >= 0.6 is 12.4 Å². The van der Waals surface area contributed by atoms with Crippen LogP contribution in [0, 0.1) is 23.2 Å². The maximum absolute atomic E-state index is 5.87. The molecule has 3 rings (SSSR count). The molecule has 3 heteroatoms. The SMILES string of the molecule is CC1(CN)CCN(CC2CC3CCC2C3)C1.Cl. The molecule has 0 aromatic rings. The number of hydrogen-bond donors (Lipinski definition) is 1. The first-order valence-electron chi connectivity index (χ1n) is 7.11. The van der Waals surface area contributed by atoms with Crippen LogP contribution in [0.1, 0.15) is 39.0 Å². The molecule has 0 amide bonds. The fraction of sp³-hybridized carbons (Fsp3) is 1.00. The molecule has 2 aliphatic carbocycles. The van der Waals surface area contributed by atoms with E-state index in [1.54, 1.807) is 6.42 Å². The van der Waals surface area contributed by atoms with Crippen LogP contribution in [0.5, 0.6) is 0 Å². The highest BCUT2D eigenvalue weighted by molar-refractivity contribution is 5.85. The first-order chi connectivity index (χ1) is 7.68. The Hall–Kier alpha value is 0.210. The van der Waals surface area contributed by atoms with Crippen LogP contribution in [0.3, 0.4) is 0 Å². The smallest absolute Gasteiger partial charge is 0.00480 e. The Kier molecular flexibility index (Phi) is 4.06. The summed E-state index contributed by atoms with van der Waals surface area (Å²) in [4.78, 5) is 2.69. The zero-order chi connectivity index (χ0) is 11.2. The van der Waals surface area contributed by atoms with E-state index in [1.807, 2.05) is 0 Å². The second-order valence-electron chi connectivity index (χ2n) is 6.93. The van der Waals surface area contributed by atoms with E-state index < -0.39 is 0 Å². The van der Waals surface area contributed by atoms with Crippen molar-refractivity contribution in [2.24, 2.45) is 28.9 Å². The van der Waals surface area contributed by atoms with Gasteiger partial charge in [-0.1, -0.05) is 13.3 Å². The molecular weight excluding hydrogens is 232 g/mol. The number of nitrogens with two attached hydrogens (primary N) is 1. The molecular formula is C14H27ClN2. The van der Waals surface area contributed by atoms with Gasteiger partial charge in [0.2, 0.25) is 0 Å². The monoisotopic (exact) mass is 258 g/mol. The Morgan fingerprint density at radius 1 is 1.29 bits per heavy atom. The lowest BCUT2D eigenvalue weighted by molar-refractivity contribution is 0.202. The highest BCUT2D eigenvalue weighted by atomic mass is 35.5. The summed E-state index contributed by atoms with van der Waals surface area (Å²) < 4.78 is 0. The van der Waals surface area contributed by atoms with Crippen molar-refractivity contribution >= 4 is 12.4 Å². The fourth-order valence-electron chi connectivity index (χ4n) is 4.38. The van der Waals surface area contributed by atoms with Crippen molar-refractivity contribution in [2.45, 2.75) is 39.0 Å². The predicted molar refractivity (Wildman–Crippen MR) is 74.4 cm³/mol. The minimum absolute atomic E-state index is 0. The van der Waals surface area contributed by atoms with Gasteiger partial charge < -0.3 is 10.6 Å². The summed E-state index contributed by atoms with van der Waals surface area (Å²) in [6, 6.07) is 0. The Morgan fingerprint density at radius 3 is 2.65 bits per heavy atom. The van der Waals surface area contributed by atoms with Gasteiger partial charge in [-0.2, -0.15) is 0 Å². The minimum atomic E-state index is 0. The van der Waals surface area contributed by atoms with E-state index in [1.165, 1.54) is 45.3 Å². The van der Waals surface area contributed by atoms with Gasteiger partial charge in [0.1, 0.15) is 0 Å². The lowest BCUT2D eigenvalue weighted by Crippen LogP contribution is -2.34. The first kappa shape index (κ1) is 13.6. The molecule has 100 valence electrons. The molecule has 2 bridgehead atoms. The summed E-state index contributed by atoms with van der Waals surface area (Å²) in [5, 5.41) is 0. The van der Waals surface area contributed by atoms with Gasteiger partial charge in [-0.25, -0.2) is 0 Å². The molecule has 0 radical (unpaired) electrons. The summed E-state index contributed by atoms with van der Waals surface area (Å²) in [7, 11) is 0. The van der Waals surface area contributed by atoms with Gasteiger partial charge in [0, 0.05) is 13.1 Å². The quantitative estimate of drug-likeness (QED) is 0.843. The molecule has 0 spiro atoms. The van der Waals surface area contributed by atoms with E-state index in [4.69, 9.17) is 5.73 Å². The summed E-state index contributed by atoms with van der Waals surface area (Å²) in [5.41, 5.74) is 6.29. The number of fused-ring (bicyclic) bond motifs is 2. The van der Waals surface area contributed by atoms with Crippen LogP contribution in [0.4, 0.5) is 0 Å². The predicted octanol–water partition coefficient (Wildman–Crippen LogP) is 2.52. The number of hydrogen-bond acceptors (Lipinski definition) is 2. The van der Waals surface area contributed by atoms with Crippen LogP contribution in [-0.4, -0.2) is 31.1 Å². The van der Waals surface area contributed by atoms with Gasteiger partial charge in [-0.05, 0) is 61.9 Å². The second-order valence-corrected chi connectivity index (χ2v) is 6.93. The first-order valence-corrected chi connectivity index (χ1v) is 7.11. The van der Waals surface area contributed by atoms with E-state index in [0.29, 0.717) is 5.41 Å². The zero-order valence-corrected chi connectivity index (χ0v) is 11.8. The largest absolute Gasteiger partial charge is 0.330 e. The van der Waals surface area contributed by atoms with Gasteiger partial charge in [0.15, 0.2) is 0 Å². The van der Waals surface area contributed by atoms with Gasteiger partial charge in [-0.15, -0.1) is 12.4 Å². The standard InChI is InChI=1S/C14H26N2.ClH/c1-14(9-15)4-5-16(10-14)8-13-7-11-2-3-12(13)6-11;/h11-13H,2-10,15H2,1H3;1H. The van der Waals surface area contributed by atoms with Gasteiger partial charge in [-0.3, -0.25) is 0 Å². The Bertz CT molecular complexity index is 271. The molecule has 0 aromatic carbocycles. The third kappa shape index (κ3) is 2.64. The van der Waals surface area contributed by atoms with Crippen molar-refractivity contribution in [3.05, 3.63) is 0 Å². The Labute approximate surface area is 112 Å². The van der Waals surface area contributed by atoms with E-state index in [0.717, 1.165) is 24.3 Å². The Morgan fingerprint density at radius 2 is 2.12 bits per heavy atom. The molecule has 1 saturated heterocycles. The van der Waals surface area contributed by atoms with Crippen molar-refractivity contribution in [3.8, 4) is 0 Å². The van der Waals surface area contributed by atoms with E-state index in [9.17, 15) is 0 Å². The van der Waals surface area contributed by atoms with Crippen molar-refractivity contribution in [2.75, 3.05) is 26.2 Å². The van der Waals surface area contributed by atoms with Crippen LogP contribution in [0.25, 0.3) is 0 Å². The van der Waals surface area contributed by atoms with E-state index in [2.05, 4.69) is 11.8 Å². The molecule has 1 heterocycles. The maximum atomic E-state index is 5.87. The highest BCUT2D eigenvalue weighted by Crippen LogP contribution is 2.48. The van der Waals surface area contributed by atoms with Crippen molar-refractivity contribution < 1.29 is 0 Å². The average Bonchev–Trinajstić information content (AvgIpc) is 2.95. The van der Waals surface area contributed by atoms with Crippen LogP contribution in [0.15, 0.2) is 0 Å². The topological polar surface area (TPSA) is 29.3 Å². The zero-order valence-electron chi connectivity index (χ0n) is 11.0. The van der Waals surface area contributed by atoms with Gasteiger partial charge in [0.05, 0.1) is 0 Å². The van der Waals surface area contributed by atoms with Crippen molar-refractivity contribution in [1.29, 1.82) is 0 Å². The fourth-order valence-corrected chi connectivity index (χ4v) is 4.38. The molecule has 0 aromatic heterocycles. The molecule has 1 aliphatic heterocycles. The lowest BCUT2D eigenvalue weighted by atomic mass is 9.88. The second kappa shape index (κ2) is 5.07. The van der Waals surface area contributed by atoms with E-state index in [-0.39, 0.29) is 12.4 Å². The third-order valence-electron chi connectivity index (χ3n) is 5.51. The normalized spacial score (nSPS) is 45.2. The third-order valence-corrected chi connectivity index (χ3v) is 5.51. The molecule has 3 fully saturated rings. The molecule has 2 N–H and O–H groups in total. The van der Waals surface area contributed by atoms with Crippen LogP contribution < -0.4 is 5.73 Å². The van der Waals surface area contributed by atoms with Gasteiger partial charge in [0.25, 0.3) is 0 Å². The van der Waals surface area contributed by atoms with Crippen LogP contribution in [-0.2, 0) is 0 Å². The van der Waals surface area contributed by atoms with Crippen LogP contribution in [0.2, 0.25) is 0 Å². The molecule has 3 aliphatic rings. The summed E-state index contributed by atoms with van der Waals surface area (Å²) in [5.74, 6) is 3.20. The Balaban J connectivity index is 0.00000108. The number of halogens is 1. The molecule has 4 atom stereocenters. The van der Waals surface area contributed by atoms with Gasteiger partial charge >= 0.3 is 0 Å². The lowest BCUT2D eigenvalue weighted by Gasteiger charge is -2.28. The number of rotatable bonds is 3.